The highest BCUT2D eigenvalue weighted by Crippen LogP contribution is 2.34. The molecule has 0 spiro atoms. The summed E-state index contributed by atoms with van der Waals surface area (Å²) in [6, 6.07) is 5.44. The minimum Gasteiger partial charge on any atom is -0.405 e. The number of hydrogen-bond donors (Lipinski definition) is 0. The third-order valence-electron chi connectivity index (χ3n) is 1.98. The van der Waals surface area contributed by atoms with E-state index in [1.165, 1.54) is 24.5 Å². The number of aromatic nitrogens is 2. The minimum atomic E-state index is -4.80. The van der Waals surface area contributed by atoms with Gasteiger partial charge in [0.05, 0.1) is 5.56 Å². The molecule has 2 rings (SSSR count). The molecule has 0 atom stereocenters. The van der Waals surface area contributed by atoms with Crippen LogP contribution in [-0.4, -0.2) is 16.3 Å². The van der Waals surface area contributed by atoms with Crippen molar-refractivity contribution >= 4 is 11.6 Å². The molecule has 3 nitrogen and oxygen atoms in total. The van der Waals surface area contributed by atoms with Gasteiger partial charge in [0.25, 0.3) is 0 Å². The van der Waals surface area contributed by atoms with E-state index in [1.807, 2.05) is 0 Å². The molecule has 0 radical (unpaired) electrons. The van der Waals surface area contributed by atoms with Gasteiger partial charge in [0, 0.05) is 17.4 Å². The fraction of sp³-hybridized carbons (Fsp3) is 0.0909. The van der Waals surface area contributed by atoms with Crippen LogP contribution in [-0.2, 0) is 0 Å². The van der Waals surface area contributed by atoms with Crippen LogP contribution in [0, 0.1) is 0 Å². The molecule has 2 aromatic rings. The van der Waals surface area contributed by atoms with E-state index in [1.54, 1.807) is 6.07 Å². The molecule has 94 valence electrons. The summed E-state index contributed by atoms with van der Waals surface area (Å²) in [7, 11) is 0. The van der Waals surface area contributed by atoms with Crippen molar-refractivity contribution in [3.63, 3.8) is 0 Å². The monoisotopic (exact) mass is 274 g/mol. The Bertz CT molecular complexity index is 546. The van der Waals surface area contributed by atoms with Crippen LogP contribution in [0.25, 0.3) is 11.4 Å². The van der Waals surface area contributed by atoms with Crippen molar-refractivity contribution in [2.45, 2.75) is 6.36 Å². The fourth-order valence-electron chi connectivity index (χ4n) is 1.33. The van der Waals surface area contributed by atoms with Gasteiger partial charge in [-0.05, 0) is 24.3 Å². The predicted octanol–water partition coefficient (Wildman–Crippen LogP) is 3.70. The van der Waals surface area contributed by atoms with Gasteiger partial charge in [0.2, 0.25) is 0 Å². The van der Waals surface area contributed by atoms with E-state index in [-0.39, 0.29) is 16.4 Å². The van der Waals surface area contributed by atoms with Crippen molar-refractivity contribution in [3.8, 4) is 17.1 Å². The van der Waals surface area contributed by atoms with Crippen molar-refractivity contribution in [1.29, 1.82) is 0 Å². The van der Waals surface area contributed by atoms with E-state index in [4.69, 9.17) is 11.6 Å². The van der Waals surface area contributed by atoms with Crippen molar-refractivity contribution < 1.29 is 17.9 Å². The Morgan fingerprint density at radius 3 is 2.39 bits per heavy atom. The van der Waals surface area contributed by atoms with Crippen LogP contribution in [0.15, 0.2) is 36.7 Å². The van der Waals surface area contributed by atoms with Crippen molar-refractivity contribution in [1.82, 2.24) is 9.97 Å². The summed E-state index contributed by atoms with van der Waals surface area (Å²) in [5, 5.41) is 0.133. The van der Waals surface area contributed by atoms with E-state index in [0.717, 1.165) is 6.07 Å². The fourth-order valence-corrected chi connectivity index (χ4v) is 1.49. The smallest absolute Gasteiger partial charge is 0.405 e. The van der Waals surface area contributed by atoms with E-state index >= 15 is 0 Å². The Labute approximate surface area is 105 Å². The molecule has 0 aliphatic carbocycles. The normalized spacial score (nSPS) is 11.3. The number of hydrogen-bond acceptors (Lipinski definition) is 3. The molecule has 0 unspecified atom stereocenters. The third-order valence-corrected chi connectivity index (χ3v) is 2.21. The van der Waals surface area contributed by atoms with Gasteiger partial charge in [-0.15, -0.1) is 13.2 Å². The van der Waals surface area contributed by atoms with Crippen LogP contribution < -0.4 is 4.74 Å². The Kier molecular flexibility index (Phi) is 3.38. The zero-order chi connectivity index (χ0) is 13.2. The number of nitrogens with zero attached hydrogens (tertiary/aromatic N) is 2. The molecule has 7 heteroatoms. The highest BCUT2D eigenvalue weighted by molar-refractivity contribution is 6.30. The third kappa shape index (κ3) is 3.10. The van der Waals surface area contributed by atoms with Crippen LogP contribution in [0.1, 0.15) is 0 Å². The summed E-state index contributed by atoms with van der Waals surface area (Å²) in [5.41, 5.74) is 0.123. The summed E-state index contributed by atoms with van der Waals surface area (Å²) in [5.74, 6) is -0.297. The number of alkyl halides is 3. The Morgan fingerprint density at radius 2 is 1.78 bits per heavy atom. The lowest BCUT2D eigenvalue weighted by Crippen LogP contribution is -2.17. The maximum absolute atomic E-state index is 12.3. The van der Waals surface area contributed by atoms with E-state index in [0.29, 0.717) is 0 Å². The molecule has 18 heavy (non-hydrogen) atoms. The summed E-state index contributed by atoms with van der Waals surface area (Å²) in [4.78, 5) is 7.74. The quantitative estimate of drug-likeness (QED) is 0.837. The maximum atomic E-state index is 12.3. The second-order valence-electron chi connectivity index (χ2n) is 3.26. The average Bonchev–Trinajstić information content (AvgIpc) is 2.28. The minimum absolute atomic E-state index is 0.123. The standard InChI is InChI=1S/C11H6ClF3N2O/c12-7-2-3-8(10-16-4-1-5-17-10)9(6-7)18-11(13,14)15/h1-6H. The number of ether oxygens (including phenoxy) is 1. The van der Waals surface area contributed by atoms with Gasteiger partial charge in [0.1, 0.15) is 5.75 Å². The molecule has 0 amide bonds. The lowest BCUT2D eigenvalue weighted by atomic mass is 10.2. The van der Waals surface area contributed by atoms with E-state index in [9.17, 15) is 13.2 Å². The largest absolute Gasteiger partial charge is 0.573 e. The highest BCUT2D eigenvalue weighted by atomic mass is 35.5. The van der Waals surface area contributed by atoms with Crippen molar-refractivity contribution in [2.24, 2.45) is 0 Å². The molecule has 0 saturated carbocycles. The molecule has 0 aliphatic heterocycles. The molecule has 0 N–H and O–H groups in total. The first-order valence-electron chi connectivity index (χ1n) is 4.78. The Hall–Kier alpha value is -1.82. The summed E-state index contributed by atoms with van der Waals surface area (Å²) < 4.78 is 40.7. The van der Waals surface area contributed by atoms with Crippen LogP contribution in [0.5, 0.6) is 5.75 Å². The molecule has 1 heterocycles. The summed E-state index contributed by atoms with van der Waals surface area (Å²) >= 11 is 5.64. The van der Waals surface area contributed by atoms with Crippen LogP contribution >= 0.6 is 11.6 Å². The van der Waals surface area contributed by atoms with Gasteiger partial charge in [-0.2, -0.15) is 0 Å². The van der Waals surface area contributed by atoms with E-state index < -0.39 is 12.1 Å². The number of halogens is 4. The first-order chi connectivity index (χ1) is 8.46. The molecular weight excluding hydrogens is 269 g/mol. The van der Waals surface area contributed by atoms with Gasteiger partial charge < -0.3 is 4.74 Å². The van der Waals surface area contributed by atoms with Crippen LogP contribution in [0.3, 0.4) is 0 Å². The second-order valence-corrected chi connectivity index (χ2v) is 3.70. The van der Waals surface area contributed by atoms with Crippen LogP contribution in [0.2, 0.25) is 5.02 Å². The molecule has 1 aromatic heterocycles. The Balaban J connectivity index is 2.47. The summed E-state index contributed by atoms with van der Waals surface area (Å²) in [6.45, 7) is 0. The lowest BCUT2D eigenvalue weighted by Gasteiger charge is -2.12. The number of benzene rings is 1. The van der Waals surface area contributed by atoms with Gasteiger partial charge in [-0.3, -0.25) is 0 Å². The first kappa shape index (κ1) is 12.6. The Morgan fingerprint density at radius 1 is 1.11 bits per heavy atom. The maximum Gasteiger partial charge on any atom is 0.573 e. The lowest BCUT2D eigenvalue weighted by molar-refractivity contribution is -0.274. The van der Waals surface area contributed by atoms with Crippen molar-refractivity contribution in [3.05, 3.63) is 41.7 Å². The molecule has 0 aliphatic rings. The number of rotatable bonds is 2. The zero-order valence-electron chi connectivity index (χ0n) is 8.78. The summed E-state index contributed by atoms with van der Waals surface area (Å²) in [6.07, 6.45) is -1.95. The SMILES string of the molecule is FC(F)(F)Oc1cc(Cl)ccc1-c1ncccn1. The molecule has 0 bridgehead atoms. The first-order valence-corrected chi connectivity index (χ1v) is 5.16. The van der Waals surface area contributed by atoms with Gasteiger partial charge in [0.15, 0.2) is 5.82 Å². The molecular formula is C11H6ClF3N2O. The zero-order valence-corrected chi connectivity index (χ0v) is 9.53. The predicted molar refractivity (Wildman–Crippen MR) is 59.2 cm³/mol. The van der Waals surface area contributed by atoms with E-state index in [2.05, 4.69) is 14.7 Å². The topological polar surface area (TPSA) is 35.0 Å². The molecule has 1 aromatic carbocycles. The molecule has 0 saturated heterocycles. The van der Waals surface area contributed by atoms with Gasteiger partial charge in [-0.1, -0.05) is 11.6 Å². The second kappa shape index (κ2) is 4.81. The molecule has 0 fully saturated rings. The van der Waals surface area contributed by atoms with Gasteiger partial charge >= 0.3 is 6.36 Å². The van der Waals surface area contributed by atoms with Crippen LogP contribution in [0.4, 0.5) is 13.2 Å². The highest BCUT2D eigenvalue weighted by Gasteiger charge is 2.32. The van der Waals surface area contributed by atoms with Gasteiger partial charge in [-0.25, -0.2) is 9.97 Å². The van der Waals surface area contributed by atoms with Crippen molar-refractivity contribution in [2.75, 3.05) is 0 Å². The average molecular weight is 275 g/mol.